The van der Waals surface area contributed by atoms with Crippen molar-refractivity contribution in [3.05, 3.63) is 28.2 Å². The summed E-state index contributed by atoms with van der Waals surface area (Å²) in [6.07, 6.45) is 3.84. The fourth-order valence-electron chi connectivity index (χ4n) is 3.22. The molecule has 1 aliphatic heterocycles. The van der Waals surface area contributed by atoms with E-state index in [1.165, 1.54) is 4.90 Å². The van der Waals surface area contributed by atoms with E-state index in [1.54, 1.807) is 0 Å². The third-order valence-electron chi connectivity index (χ3n) is 4.25. The van der Waals surface area contributed by atoms with Gasteiger partial charge in [-0.2, -0.15) is 0 Å². The largest absolute Gasteiger partial charge is 0.274 e. The number of fused-ring (bicyclic) bond motifs is 1. The Balaban J connectivity index is 2.03. The zero-order valence-corrected chi connectivity index (χ0v) is 12.4. The van der Waals surface area contributed by atoms with Crippen LogP contribution in [0.4, 0.5) is 5.69 Å². The van der Waals surface area contributed by atoms with Crippen LogP contribution in [-0.2, 0) is 9.59 Å². The first-order chi connectivity index (χ1) is 9.09. The molecule has 0 bridgehead atoms. The molecule has 1 saturated carbocycles. The van der Waals surface area contributed by atoms with Crippen molar-refractivity contribution in [3.63, 3.8) is 0 Å². The second-order valence-corrected chi connectivity index (χ2v) is 6.36. The maximum atomic E-state index is 12.5. The van der Waals surface area contributed by atoms with Gasteiger partial charge in [0.05, 0.1) is 17.5 Å². The molecule has 100 valence electrons. The monoisotopic (exact) mass is 321 g/mol. The number of amides is 2. The molecule has 19 heavy (non-hydrogen) atoms. The summed E-state index contributed by atoms with van der Waals surface area (Å²) < 4.78 is 0.892. The molecule has 1 aromatic rings. The minimum Gasteiger partial charge on any atom is -0.274 e. The molecule has 0 radical (unpaired) electrons. The Bertz CT molecular complexity index is 531. The Kier molecular flexibility index (Phi) is 3.21. The minimum atomic E-state index is -0.0837. The van der Waals surface area contributed by atoms with E-state index in [2.05, 4.69) is 15.9 Å². The van der Waals surface area contributed by atoms with Crippen molar-refractivity contribution in [2.75, 3.05) is 4.90 Å². The van der Waals surface area contributed by atoms with Crippen LogP contribution in [0.25, 0.3) is 0 Å². The van der Waals surface area contributed by atoms with E-state index in [4.69, 9.17) is 0 Å². The molecule has 2 fully saturated rings. The summed E-state index contributed by atoms with van der Waals surface area (Å²) in [5, 5.41) is 0. The van der Waals surface area contributed by atoms with Gasteiger partial charge in [0.15, 0.2) is 0 Å². The number of aryl methyl sites for hydroxylation is 1. The molecule has 2 amide bonds. The third-order valence-corrected chi connectivity index (χ3v) is 4.75. The highest BCUT2D eigenvalue weighted by Gasteiger charge is 2.48. The SMILES string of the molecule is Cc1ccc(Br)cc1N1C(=O)C2CCCCC2C1=O. The number of benzene rings is 1. The van der Waals surface area contributed by atoms with E-state index in [0.717, 1.165) is 41.4 Å². The topological polar surface area (TPSA) is 37.4 Å². The molecule has 4 heteroatoms. The lowest BCUT2D eigenvalue weighted by Crippen LogP contribution is -2.31. The van der Waals surface area contributed by atoms with E-state index in [1.807, 2.05) is 25.1 Å². The smallest absolute Gasteiger partial charge is 0.237 e. The van der Waals surface area contributed by atoms with Gasteiger partial charge in [0.25, 0.3) is 0 Å². The van der Waals surface area contributed by atoms with Gasteiger partial charge < -0.3 is 0 Å². The van der Waals surface area contributed by atoms with Crippen molar-refractivity contribution in [3.8, 4) is 0 Å². The van der Waals surface area contributed by atoms with Crippen molar-refractivity contribution < 1.29 is 9.59 Å². The Labute approximate surface area is 121 Å². The average Bonchev–Trinajstić information content (AvgIpc) is 2.66. The van der Waals surface area contributed by atoms with Gasteiger partial charge in [0.2, 0.25) is 11.8 Å². The van der Waals surface area contributed by atoms with Gasteiger partial charge in [0.1, 0.15) is 0 Å². The van der Waals surface area contributed by atoms with Crippen LogP contribution in [0.5, 0.6) is 0 Å². The molecule has 1 aliphatic carbocycles. The summed E-state index contributed by atoms with van der Waals surface area (Å²) >= 11 is 3.41. The van der Waals surface area contributed by atoms with E-state index >= 15 is 0 Å². The molecule has 3 rings (SSSR count). The van der Waals surface area contributed by atoms with Crippen LogP contribution in [0.2, 0.25) is 0 Å². The van der Waals surface area contributed by atoms with Gasteiger partial charge in [-0.25, -0.2) is 4.90 Å². The lowest BCUT2D eigenvalue weighted by Gasteiger charge is -2.19. The van der Waals surface area contributed by atoms with Crippen molar-refractivity contribution in [1.82, 2.24) is 0 Å². The van der Waals surface area contributed by atoms with Gasteiger partial charge in [-0.1, -0.05) is 34.8 Å². The van der Waals surface area contributed by atoms with Crippen LogP contribution < -0.4 is 4.90 Å². The van der Waals surface area contributed by atoms with E-state index < -0.39 is 0 Å². The molecule has 2 unspecified atom stereocenters. The second kappa shape index (κ2) is 4.75. The van der Waals surface area contributed by atoms with E-state index in [0.29, 0.717) is 0 Å². The molecule has 3 nitrogen and oxygen atoms in total. The summed E-state index contributed by atoms with van der Waals surface area (Å²) in [7, 11) is 0. The van der Waals surface area contributed by atoms with Crippen LogP contribution in [-0.4, -0.2) is 11.8 Å². The first kappa shape index (κ1) is 12.9. The van der Waals surface area contributed by atoms with Crippen LogP contribution in [0.15, 0.2) is 22.7 Å². The fraction of sp³-hybridized carbons (Fsp3) is 0.467. The zero-order valence-electron chi connectivity index (χ0n) is 10.9. The molecule has 0 spiro atoms. The van der Waals surface area contributed by atoms with Crippen molar-refractivity contribution >= 4 is 33.4 Å². The van der Waals surface area contributed by atoms with Crippen LogP contribution in [0.1, 0.15) is 31.2 Å². The first-order valence-electron chi connectivity index (χ1n) is 6.73. The van der Waals surface area contributed by atoms with Crippen molar-refractivity contribution in [2.45, 2.75) is 32.6 Å². The quantitative estimate of drug-likeness (QED) is 0.743. The molecule has 0 aromatic heterocycles. The number of hydrogen-bond donors (Lipinski definition) is 0. The lowest BCUT2D eigenvalue weighted by molar-refractivity contribution is -0.122. The molecular formula is C15H16BrNO2. The number of halogens is 1. The van der Waals surface area contributed by atoms with E-state index in [-0.39, 0.29) is 23.7 Å². The molecule has 2 atom stereocenters. The Hall–Kier alpha value is -1.16. The molecule has 0 N–H and O–H groups in total. The molecule has 1 saturated heterocycles. The minimum absolute atomic E-state index is 0.00380. The highest BCUT2D eigenvalue weighted by atomic mass is 79.9. The Morgan fingerprint density at radius 3 is 2.26 bits per heavy atom. The predicted molar refractivity (Wildman–Crippen MR) is 76.8 cm³/mol. The summed E-state index contributed by atoms with van der Waals surface area (Å²) in [4.78, 5) is 26.4. The lowest BCUT2D eigenvalue weighted by atomic mass is 9.81. The normalized spacial score (nSPS) is 26.7. The summed E-state index contributed by atoms with van der Waals surface area (Å²) in [6, 6.07) is 5.72. The van der Waals surface area contributed by atoms with Crippen LogP contribution >= 0.6 is 15.9 Å². The van der Waals surface area contributed by atoms with E-state index in [9.17, 15) is 9.59 Å². The predicted octanol–water partition coefficient (Wildman–Crippen LogP) is 3.44. The third kappa shape index (κ3) is 2.02. The first-order valence-corrected chi connectivity index (χ1v) is 7.53. The highest BCUT2D eigenvalue weighted by Crippen LogP contribution is 2.41. The summed E-state index contributed by atoms with van der Waals surface area (Å²) in [5.41, 5.74) is 1.70. The van der Waals surface area contributed by atoms with Gasteiger partial charge in [0, 0.05) is 4.47 Å². The van der Waals surface area contributed by atoms with Crippen molar-refractivity contribution in [2.24, 2.45) is 11.8 Å². The number of anilines is 1. The summed E-state index contributed by atoms with van der Waals surface area (Å²) in [5.74, 6) is -0.175. The number of imide groups is 1. The number of rotatable bonds is 1. The Morgan fingerprint density at radius 2 is 1.68 bits per heavy atom. The van der Waals surface area contributed by atoms with Gasteiger partial charge in [-0.05, 0) is 37.5 Å². The Morgan fingerprint density at radius 1 is 1.11 bits per heavy atom. The maximum absolute atomic E-state index is 12.5. The average molecular weight is 322 g/mol. The van der Waals surface area contributed by atoms with Crippen LogP contribution in [0, 0.1) is 18.8 Å². The molecular weight excluding hydrogens is 306 g/mol. The number of carbonyl (C=O) groups excluding carboxylic acids is 2. The fourth-order valence-corrected chi connectivity index (χ4v) is 3.57. The zero-order chi connectivity index (χ0) is 13.6. The number of nitrogens with zero attached hydrogens (tertiary/aromatic N) is 1. The van der Waals surface area contributed by atoms with Gasteiger partial charge in [-0.15, -0.1) is 0 Å². The maximum Gasteiger partial charge on any atom is 0.237 e. The molecule has 1 aromatic carbocycles. The van der Waals surface area contributed by atoms with Gasteiger partial charge >= 0.3 is 0 Å². The highest BCUT2D eigenvalue weighted by molar-refractivity contribution is 9.10. The number of carbonyl (C=O) groups is 2. The molecule has 1 heterocycles. The van der Waals surface area contributed by atoms with Gasteiger partial charge in [-0.3, -0.25) is 9.59 Å². The van der Waals surface area contributed by atoms with Crippen LogP contribution in [0.3, 0.4) is 0 Å². The standard InChI is InChI=1S/C15H16BrNO2/c1-9-6-7-10(16)8-13(9)17-14(18)11-4-2-3-5-12(11)15(17)19/h6-8,11-12H,2-5H2,1H3. The summed E-state index contributed by atoms with van der Waals surface area (Å²) in [6.45, 7) is 1.93. The van der Waals surface area contributed by atoms with Crippen molar-refractivity contribution in [1.29, 1.82) is 0 Å². The second-order valence-electron chi connectivity index (χ2n) is 5.44. The molecule has 2 aliphatic rings. The number of hydrogen-bond acceptors (Lipinski definition) is 2.